The first-order chi connectivity index (χ1) is 7.95. The highest BCUT2D eigenvalue weighted by Gasteiger charge is 2.31. The fourth-order valence-corrected chi connectivity index (χ4v) is 2.34. The van der Waals surface area contributed by atoms with E-state index in [1.54, 1.807) is 4.90 Å². The molecule has 0 aromatic carbocycles. The summed E-state index contributed by atoms with van der Waals surface area (Å²) in [5.74, 6) is -1.05. The molecule has 0 spiro atoms. The second-order valence-electron chi connectivity index (χ2n) is 4.87. The summed E-state index contributed by atoms with van der Waals surface area (Å²) in [4.78, 5) is 24.5. The van der Waals surface area contributed by atoms with Crippen LogP contribution in [0.15, 0.2) is 0 Å². The van der Waals surface area contributed by atoms with E-state index in [0.29, 0.717) is 19.4 Å². The summed E-state index contributed by atoms with van der Waals surface area (Å²) in [5, 5.41) is 11.8. The molecule has 0 unspecified atom stereocenters. The Kier molecular flexibility index (Phi) is 4.78. The third kappa shape index (κ3) is 3.61. The second-order valence-corrected chi connectivity index (χ2v) is 4.87. The number of aliphatic carboxylic acids is 1. The Morgan fingerprint density at radius 1 is 1.41 bits per heavy atom. The Balaban J connectivity index is 2.45. The molecule has 0 saturated heterocycles. The van der Waals surface area contributed by atoms with Crippen molar-refractivity contribution < 1.29 is 14.7 Å². The van der Waals surface area contributed by atoms with Crippen molar-refractivity contribution in [3.63, 3.8) is 0 Å². The maximum Gasteiger partial charge on any atom is 0.317 e. The van der Waals surface area contributed by atoms with Gasteiger partial charge in [0.05, 0.1) is 5.92 Å². The third-order valence-electron chi connectivity index (χ3n) is 3.33. The van der Waals surface area contributed by atoms with Crippen molar-refractivity contribution in [3.8, 4) is 0 Å². The van der Waals surface area contributed by atoms with Gasteiger partial charge in [-0.05, 0) is 40.0 Å². The molecule has 0 heterocycles. The first-order valence-electron chi connectivity index (χ1n) is 6.25. The van der Waals surface area contributed by atoms with Crippen molar-refractivity contribution >= 4 is 12.0 Å². The minimum Gasteiger partial charge on any atom is -0.481 e. The molecule has 5 nitrogen and oxygen atoms in total. The minimum absolute atomic E-state index is 0.0106. The highest BCUT2D eigenvalue weighted by Crippen LogP contribution is 2.25. The summed E-state index contributed by atoms with van der Waals surface area (Å²) in [6.07, 6.45) is 1.98. The molecule has 1 rings (SSSR count). The molecule has 1 fully saturated rings. The van der Waals surface area contributed by atoms with E-state index in [9.17, 15) is 9.59 Å². The molecule has 17 heavy (non-hydrogen) atoms. The number of nitrogens with one attached hydrogen (secondary N) is 1. The molecule has 0 aromatic heterocycles. The van der Waals surface area contributed by atoms with Crippen LogP contribution in [-0.2, 0) is 4.79 Å². The lowest BCUT2D eigenvalue weighted by atomic mass is 10.1. The van der Waals surface area contributed by atoms with Crippen molar-refractivity contribution in [1.29, 1.82) is 0 Å². The number of rotatable bonds is 4. The number of carbonyl (C=O) groups excluding carboxylic acids is 1. The van der Waals surface area contributed by atoms with Gasteiger partial charge in [-0.2, -0.15) is 0 Å². The predicted octanol–water partition coefficient (Wildman–Crippen LogP) is 1.68. The van der Waals surface area contributed by atoms with Crippen molar-refractivity contribution in [2.75, 3.05) is 6.54 Å². The zero-order valence-electron chi connectivity index (χ0n) is 10.8. The number of urea groups is 1. The van der Waals surface area contributed by atoms with Crippen molar-refractivity contribution in [3.05, 3.63) is 0 Å². The van der Waals surface area contributed by atoms with Crippen LogP contribution in [-0.4, -0.2) is 40.6 Å². The van der Waals surface area contributed by atoms with Crippen LogP contribution in [0.25, 0.3) is 0 Å². The molecule has 0 aromatic rings. The van der Waals surface area contributed by atoms with E-state index >= 15 is 0 Å². The molecule has 1 aliphatic carbocycles. The van der Waals surface area contributed by atoms with E-state index in [2.05, 4.69) is 5.32 Å². The van der Waals surface area contributed by atoms with Gasteiger partial charge < -0.3 is 15.3 Å². The number of carboxylic acids is 1. The topological polar surface area (TPSA) is 69.6 Å². The SMILES string of the molecule is CCN(C(=O)N[C@H]1CC[C@@H](C(=O)O)C1)C(C)C. The van der Waals surface area contributed by atoms with E-state index in [4.69, 9.17) is 5.11 Å². The molecule has 1 aliphatic rings. The van der Waals surface area contributed by atoms with Gasteiger partial charge in [0.1, 0.15) is 0 Å². The number of hydrogen-bond acceptors (Lipinski definition) is 2. The molecule has 2 N–H and O–H groups in total. The van der Waals surface area contributed by atoms with E-state index in [1.807, 2.05) is 20.8 Å². The van der Waals surface area contributed by atoms with Crippen LogP contribution < -0.4 is 5.32 Å². The lowest BCUT2D eigenvalue weighted by molar-refractivity contribution is -0.141. The molecular weight excluding hydrogens is 220 g/mol. The molecule has 0 aliphatic heterocycles. The highest BCUT2D eigenvalue weighted by molar-refractivity contribution is 5.75. The molecule has 1 saturated carbocycles. The molecule has 0 radical (unpaired) electrons. The molecular formula is C12H22N2O3. The predicted molar refractivity (Wildman–Crippen MR) is 64.8 cm³/mol. The summed E-state index contributed by atoms with van der Waals surface area (Å²) in [6, 6.07) is 0.0895. The van der Waals surface area contributed by atoms with Crippen LogP contribution in [0.1, 0.15) is 40.0 Å². The van der Waals surface area contributed by atoms with Crippen LogP contribution in [0.2, 0.25) is 0 Å². The first-order valence-corrected chi connectivity index (χ1v) is 6.25. The lowest BCUT2D eigenvalue weighted by Gasteiger charge is -2.27. The van der Waals surface area contributed by atoms with Gasteiger partial charge in [-0.15, -0.1) is 0 Å². The summed E-state index contributed by atoms with van der Waals surface area (Å²) in [6.45, 7) is 6.54. The number of carbonyl (C=O) groups is 2. The summed E-state index contributed by atoms with van der Waals surface area (Å²) < 4.78 is 0. The number of nitrogens with zero attached hydrogens (tertiary/aromatic N) is 1. The lowest BCUT2D eigenvalue weighted by Crippen LogP contribution is -2.47. The normalized spacial score (nSPS) is 23.8. The van der Waals surface area contributed by atoms with E-state index in [-0.39, 0.29) is 24.0 Å². The van der Waals surface area contributed by atoms with Gasteiger partial charge in [-0.1, -0.05) is 0 Å². The summed E-state index contributed by atoms with van der Waals surface area (Å²) in [5.41, 5.74) is 0. The zero-order chi connectivity index (χ0) is 13.0. The molecule has 0 bridgehead atoms. The van der Waals surface area contributed by atoms with E-state index in [1.165, 1.54) is 0 Å². The quantitative estimate of drug-likeness (QED) is 0.788. The van der Waals surface area contributed by atoms with Gasteiger partial charge >= 0.3 is 12.0 Å². The van der Waals surface area contributed by atoms with Crippen LogP contribution >= 0.6 is 0 Å². The Morgan fingerprint density at radius 2 is 2.06 bits per heavy atom. The smallest absolute Gasteiger partial charge is 0.317 e. The Hall–Kier alpha value is -1.26. The first kappa shape index (κ1) is 13.8. The van der Waals surface area contributed by atoms with Gasteiger partial charge in [0.25, 0.3) is 0 Å². The number of amides is 2. The largest absolute Gasteiger partial charge is 0.481 e. The van der Waals surface area contributed by atoms with Gasteiger partial charge in [-0.25, -0.2) is 4.79 Å². The molecule has 98 valence electrons. The third-order valence-corrected chi connectivity index (χ3v) is 3.33. The maximum absolute atomic E-state index is 11.9. The molecule has 2 amide bonds. The maximum atomic E-state index is 11.9. The van der Waals surface area contributed by atoms with Crippen LogP contribution in [0.4, 0.5) is 4.79 Å². The Bertz CT molecular complexity index is 291. The minimum atomic E-state index is -0.752. The van der Waals surface area contributed by atoms with Crippen LogP contribution in [0.5, 0.6) is 0 Å². The fraction of sp³-hybridized carbons (Fsp3) is 0.833. The van der Waals surface area contributed by atoms with Gasteiger partial charge in [-0.3, -0.25) is 4.79 Å². The number of hydrogen-bond donors (Lipinski definition) is 2. The standard InChI is InChI=1S/C12H22N2O3/c1-4-14(8(2)3)12(17)13-10-6-5-9(7-10)11(15)16/h8-10H,4-7H2,1-3H3,(H,13,17)(H,15,16)/t9-,10+/m1/s1. The zero-order valence-corrected chi connectivity index (χ0v) is 10.8. The Morgan fingerprint density at radius 3 is 2.47 bits per heavy atom. The van der Waals surface area contributed by atoms with Crippen LogP contribution in [0, 0.1) is 5.92 Å². The van der Waals surface area contributed by atoms with Crippen molar-refractivity contribution in [1.82, 2.24) is 10.2 Å². The Labute approximate surface area is 102 Å². The molecule has 2 atom stereocenters. The average Bonchev–Trinajstić information content (AvgIpc) is 2.66. The van der Waals surface area contributed by atoms with Crippen molar-refractivity contribution in [2.24, 2.45) is 5.92 Å². The second kappa shape index (κ2) is 5.89. The van der Waals surface area contributed by atoms with Crippen molar-refractivity contribution in [2.45, 2.75) is 52.1 Å². The monoisotopic (exact) mass is 242 g/mol. The molecule has 5 heteroatoms. The fourth-order valence-electron chi connectivity index (χ4n) is 2.34. The summed E-state index contributed by atoms with van der Waals surface area (Å²) >= 11 is 0. The van der Waals surface area contributed by atoms with E-state index in [0.717, 1.165) is 6.42 Å². The average molecular weight is 242 g/mol. The van der Waals surface area contributed by atoms with Crippen LogP contribution in [0.3, 0.4) is 0 Å². The van der Waals surface area contributed by atoms with Gasteiger partial charge in [0, 0.05) is 18.6 Å². The van der Waals surface area contributed by atoms with Gasteiger partial charge in [0.2, 0.25) is 0 Å². The number of carboxylic acid groups (broad SMARTS) is 1. The summed E-state index contributed by atoms with van der Waals surface area (Å²) in [7, 11) is 0. The van der Waals surface area contributed by atoms with E-state index < -0.39 is 5.97 Å². The highest BCUT2D eigenvalue weighted by atomic mass is 16.4. The van der Waals surface area contributed by atoms with Gasteiger partial charge in [0.15, 0.2) is 0 Å².